The first-order valence-corrected chi connectivity index (χ1v) is 14.7. The van der Waals surface area contributed by atoms with E-state index in [1.54, 1.807) is 17.4 Å². The molecule has 198 valence electrons. The van der Waals surface area contributed by atoms with Crippen LogP contribution >= 0.6 is 23.1 Å². The number of carbonyl (C=O) groups is 3. The van der Waals surface area contributed by atoms with Gasteiger partial charge in [-0.2, -0.15) is 0 Å². The van der Waals surface area contributed by atoms with Crippen molar-refractivity contribution < 1.29 is 19.1 Å². The molecular weight excluding hydrogens is 530 g/mol. The molecule has 0 unspecified atom stereocenters. The molecule has 2 saturated heterocycles. The molecule has 3 aliphatic rings. The number of esters is 1. The minimum Gasteiger partial charge on any atom is -0.448 e. The van der Waals surface area contributed by atoms with Crippen molar-refractivity contribution in [1.82, 2.24) is 9.80 Å². The third kappa shape index (κ3) is 4.93. The van der Waals surface area contributed by atoms with Crippen LogP contribution in [0.4, 0.5) is 0 Å². The lowest BCUT2D eigenvalue weighted by Gasteiger charge is -2.48. The number of allylic oxidation sites excluding steroid dienone is 1. The van der Waals surface area contributed by atoms with Gasteiger partial charge >= 0.3 is 5.97 Å². The van der Waals surface area contributed by atoms with Gasteiger partial charge in [0.05, 0.1) is 6.54 Å². The highest BCUT2D eigenvalue weighted by atomic mass is 32.2. The Hall–Kier alpha value is -3.66. The Balaban J connectivity index is 1.33. The number of hydrogen-bond acceptors (Lipinski definition) is 7. The molecule has 2 aromatic carbocycles. The maximum Gasteiger partial charge on any atom is 0.356 e. The van der Waals surface area contributed by atoms with Gasteiger partial charge in [0.25, 0.3) is 0 Å². The van der Waals surface area contributed by atoms with Gasteiger partial charge in [-0.25, -0.2) is 4.79 Å². The minimum atomic E-state index is -0.666. The molecule has 1 aromatic heterocycles. The fourth-order valence-electron chi connectivity index (χ4n) is 5.14. The number of carbonyl (C=O) groups excluding carboxylic acids is 3. The van der Waals surface area contributed by atoms with Crippen molar-refractivity contribution >= 4 is 40.9 Å². The van der Waals surface area contributed by atoms with E-state index >= 15 is 0 Å². The SMILES string of the molecule is N[C@@H]1C(=O)N2C(C(=O)OC(c3ccccc3)c3ccccc3)=C(C=C3CCN(Cc4cccs4)C3=O)CS[C@H]12. The lowest BCUT2D eigenvalue weighted by atomic mass is 10.00. The Morgan fingerprint density at radius 1 is 1.03 bits per heavy atom. The van der Waals surface area contributed by atoms with E-state index in [2.05, 4.69) is 0 Å². The fraction of sp³-hybridized carbons (Fsp3) is 0.233. The predicted molar refractivity (Wildman–Crippen MR) is 151 cm³/mol. The fourth-order valence-corrected chi connectivity index (χ4v) is 7.11. The number of likely N-dealkylation sites (tertiary alicyclic amines) is 1. The van der Waals surface area contributed by atoms with Crippen molar-refractivity contribution in [2.24, 2.45) is 5.73 Å². The standard InChI is InChI=1S/C30H27N3O4S2/c31-24-28(35)33-25(30(36)37-26(19-8-3-1-4-9-19)20-10-5-2-6-11-20)22(18-39-29(24)33)16-21-13-14-32(27(21)34)17-23-12-7-15-38-23/h1-12,15-16,24,26,29H,13-14,17-18,31H2/t24-,29-/m1/s1. The van der Waals surface area contributed by atoms with E-state index < -0.39 is 18.1 Å². The summed E-state index contributed by atoms with van der Waals surface area (Å²) in [5.74, 6) is -0.516. The topological polar surface area (TPSA) is 92.9 Å². The average molecular weight is 558 g/mol. The summed E-state index contributed by atoms with van der Waals surface area (Å²) in [4.78, 5) is 44.4. The van der Waals surface area contributed by atoms with Crippen molar-refractivity contribution in [2.45, 2.75) is 30.5 Å². The van der Waals surface area contributed by atoms with Crippen LogP contribution in [0.3, 0.4) is 0 Å². The largest absolute Gasteiger partial charge is 0.448 e. The highest BCUT2D eigenvalue weighted by molar-refractivity contribution is 8.00. The zero-order valence-electron chi connectivity index (χ0n) is 21.1. The van der Waals surface area contributed by atoms with Gasteiger partial charge in [0, 0.05) is 22.7 Å². The zero-order valence-corrected chi connectivity index (χ0v) is 22.7. The van der Waals surface area contributed by atoms with Crippen LogP contribution in [0.15, 0.2) is 101 Å². The molecule has 3 aromatic rings. The maximum absolute atomic E-state index is 13.9. The molecule has 0 aliphatic carbocycles. The van der Waals surface area contributed by atoms with Crippen molar-refractivity contribution in [1.29, 1.82) is 0 Å². The second-order valence-corrected chi connectivity index (χ2v) is 11.8. The number of ether oxygens (including phenoxy) is 1. The van der Waals surface area contributed by atoms with Crippen molar-refractivity contribution in [3.63, 3.8) is 0 Å². The van der Waals surface area contributed by atoms with E-state index in [1.165, 1.54) is 16.7 Å². The second kappa shape index (κ2) is 10.8. The molecule has 3 aliphatic heterocycles. The lowest BCUT2D eigenvalue weighted by Crippen LogP contribution is -2.68. The third-order valence-electron chi connectivity index (χ3n) is 7.15. The van der Waals surface area contributed by atoms with E-state index in [4.69, 9.17) is 10.5 Å². The van der Waals surface area contributed by atoms with Gasteiger partial charge in [0.15, 0.2) is 6.10 Å². The van der Waals surface area contributed by atoms with E-state index in [0.717, 1.165) is 16.0 Å². The Morgan fingerprint density at radius 2 is 1.72 bits per heavy atom. The number of β-lactam (4-membered cyclic amide) rings is 1. The Bertz CT molecular complexity index is 1410. The number of amides is 2. The van der Waals surface area contributed by atoms with E-state index in [-0.39, 0.29) is 22.9 Å². The number of thioether (sulfide) groups is 1. The molecule has 2 N–H and O–H groups in total. The van der Waals surface area contributed by atoms with Crippen LogP contribution in [0.2, 0.25) is 0 Å². The summed E-state index contributed by atoms with van der Waals surface area (Å²) < 4.78 is 6.15. The minimum absolute atomic E-state index is 0.0474. The van der Waals surface area contributed by atoms with Gasteiger partial charge in [0.2, 0.25) is 11.8 Å². The van der Waals surface area contributed by atoms with E-state index in [0.29, 0.717) is 36.4 Å². The first-order chi connectivity index (χ1) is 19.0. The summed E-state index contributed by atoms with van der Waals surface area (Å²) in [5.41, 5.74) is 9.14. The zero-order chi connectivity index (χ0) is 26.9. The van der Waals surface area contributed by atoms with Crippen LogP contribution in [0, 0.1) is 0 Å². The number of nitrogens with two attached hydrogens (primary N) is 1. The quantitative estimate of drug-likeness (QED) is 0.266. The lowest BCUT2D eigenvalue weighted by molar-refractivity contribution is -0.153. The second-order valence-electron chi connectivity index (χ2n) is 9.64. The molecule has 0 radical (unpaired) electrons. The van der Waals surface area contributed by atoms with Gasteiger partial charge in [-0.15, -0.1) is 23.1 Å². The first kappa shape index (κ1) is 25.6. The van der Waals surface area contributed by atoms with Crippen LogP contribution in [0.1, 0.15) is 28.5 Å². The van der Waals surface area contributed by atoms with Gasteiger partial charge in [0.1, 0.15) is 17.1 Å². The summed E-state index contributed by atoms with van der Waals surface area (Å²) in [6.45, 7) is 1.18. The number of fused-ring (bicyclic) bond motifs is 1. The molecule has 6 rings (SSSR count). The van der Waals surface area contributed by atoms with Crippen LogP contribution < -0.4 is 5.73 Å². The van der Waals surface area contributed by atoms with Gasteiger partial charge in [-0.3, -0.25) is 14.5 Å². The van der Waals surface area contributed by atoms with Crippen molar-refractivity contribution in [2.75, 3.05) is 12.3 Å². The maximum atomic E-state index is 13.9. The van der Waals surface area contributed by atoms with E-state index in [9.17, 15) is 14.4 Å². The molecule has 9 heteroatoms. The van der Waals surface area contributed by atoms with Crippen LogP contribution in [0.5, 0.6) is 0 Å². The number of thiophene rings is 1. The highest BCUT2D eigenvalue weighted by Crippen LogP contribution is 2.42. The number of hydrogen-bond donors (Lipinski definition) is 1. The highest BCUT2D eigenvalue weighted by Gasteiger charge is 2.52. The number of benzene rings is 2. The molecule has 0 bridgehead atoms. The molecule has 2 fully saturated rings. The molecule has 2 amide bonds. The molecular formula is C30H27N3O4S2. The summed E-state index contributed by atoms with van der Waals surface area (Å²) in [6.07, 6.45) is 1.70. The molecule has 0 spiro atoms. The third-order valence-corrected chi connectivity index (χ3v) is 9.33. The van der Waals surface area contributed by atoms with Crippen molar-refractivity contribution in [3.8, 4) is 0 Å². The Labute approximate surface area is 234 Å². The number of rotatable bonds is 7. The summed E-state index contributed by atoms with van der Waals surface area (Å²) in [7, 11) is 0. The predicted octanol–water partition coefficient (Wildman–Crippen LogP) is 4.24. The Kier molecular flexibility index (Phi) is 7.12. The van der Waals surface area contributed by atoms with Crippen molar-refractivity contribution in [3.05, 3.63) is 117 Å². The Morgan fingerprint density at radius 3 is 2.36 bits per heavy atom. The van der Waals surface area contributed by atoms with Crippen LogP contribution in [-0.2, 0) is 25.7 Å². The smallest absolute Gasteiger partial charge is 0.356 e. The molecule has 4 heterocycles. The molecule has 0 saturated carbocycles. The van der Waals surface area contributed by atoms with Gasteiger partial charge < -0.3 is 15.4 Å². The number of nitrogens with zero attached hydrogens (tertiary/aromatic N) is 2. The van der Waals surface area contributed by atoms with E-state index in [1.807, 2.05) is 83.1 Å². The van der Waals surface area contributed by atoms with Crippen LogP contribution in [0.25, 0.3) is 0 Å². The monoisotopic (exact) mass is 557 g/mol. The molecule has 7 nitrogen and oxygen atoms in total. The summed E-state index contributed by atoms with van der Waals surface area (Å²) in [6, 6.07) is 22.4. The first-order valence-electron chi connectivity index (χ1n) is 12.8. The summed E-state index contributed by atoms with van der Waals surface area (Å²) >= 11 is 3.12. The molecule has 39 heavy (non-hydrogen) atoms. The average Bonchev–Trinajstić information content (AvgIpc) is 3.62. The van der Waals surface area contributed by atoms with Gasteiger partial charge in [-0.05, 0) is 40.6 Å². The summed E-state index contributed by atoms with van der Waals surface area (Å²) in [5, 5.41) is 1.67. The van der Waals surface area contributed by atoms with Gasteiger partial charge in [-0.1, -0.05) is 66.7 Å². The molecule has 2 atom stereocenters. The van der Waals surface area contributed by atoms with Crippen LogP contribution in [-0.4, -0.2) is 51.3 Å². The normalized spacial score (nSPS) is 21.9.